The fourth-order valence-corrected chi connectivity index (χ4v) is 11.0. The SMILES string of the molecule is COc1cc2c(cc1-c1cncc(NC(=O)CN(C)C(=O)CN(C)C(=O)CN(C)C(=O)CN(C)C(=O)CN(C)C(=O)CCNC(=O)CN3CCN(CC(=O)O)CCN(CC(=O)O)CCN(CC(=O)O)CC3)c1)-c1c(c(C(=O)N3CCOCC3(C)C)nn1-c1cc(F)cc(F)c1)CO2. The molecule has 0 spiro atoms. The number of pyridine rings is 1. The van der Waals surface area contributed by atoms with Crippen molar-refractivity contribution in [3.63, 3.8) is 0 Å². The molecule has 526 valence electrons. The number of carbonyl (C=O) groups excluding carboxylic acids is 8. The third-order valence-corrected chi connectivity index (χ3v) is 16.5. The van der Waals surface area contributed by atoms with E-state index in [0.717, 1.165) is 42.7 Å². The number of benzene rings is 2. The Morgan fingerprint density at radius 2 is 1.08 bits per heavy atom. The van der Waals surface area contributed by atoms with Crippen LogP contribution in [0.1, 0.15) is 36.3 Å². The summed E-state index contributed by atoms with van der Waals surface area (Å²) in [4.78, 5) is 160. The number of carboxylic acids is 3. The fraction of sp³-hybridized carbons (Fsp3) is 0.508. The molecule has 0 bridgehead atoms. The van der Waals surface area contributed by atoms with E-state index in [1.54, 1.807) is 42.7 Å². The van der Waals surface area contributed by atoms with E-state index < -0.39 is 115 Å². The Morgan fingerprint density at radius 3 is 1.57 bits per heavy atom. The van der Waals surface area contributed by atoms with E-state index in [0.29, 0.717) is 46.1 Å². The Hall–Kier alpha value is -9.77. The van der Waals surface area contributed by atoms with Crippen LogP contribution < -0.4 is 20.1 Å². The summed E-state index contributed by atoms with van der Waals surface area (Å²) in [7, 11) is 8.15. The maximum atomic E-state index is 14.8. The largest absolute Gasteiger partial charge is 0.496 e. The minimum absolute atomic E-state index is 0.00679. The predicted molar refractivity (Wildman–Crippen MR) is 342 cm³/mol. The van der Waals surface area contributed by atoms with E-state index in [-0.39, 0.29) is 128 Å². The number of methoxy groups -OCH3 is 1. The number of aliphatic carboxylic acids is 3. The van der Waals surface area contributed by atoms with Gasteiger partial charge in [0.1, 0.15) is 29.7 Å². The summed E-state index contributed by atoms with van der Waals surface area (Å²) in [6.45, 7) is 2.43. The number of halogens is 2. The topological polar surface area (TPSA) is 363 Å². The zero-order chi connectivity index (χ0) is 71.0. The van der Waals surface area contributed by atoms with Gasteiger partial charge in [-0.1, -0.05) is 0 Å². The summed E-state index contributed by atoms with van der Waals surface area (Å²) in [5.41, 5.74) is 1.50. The summed E-state index contributed by atoms with van der Waals surface area (Å²) >= 11 is 0. The lowest BCUT2D eigenvalue weighted by atomic mass is 9.95. The number of rotatable bonds is 26. The molecule has 0 radical (unpaired) electrons. The number of morpholine rings is 1. The van der Waals surface area contributed by atoms with Gasteiger partial charge in [0.05, 0.1) is 108 Å². The van der Waals surface area contributed by atoms with Gasteiger partial charge >= 0.3 is 17.9 Å². The first-order chi connectivity index (χ1) is 45.9. The fourth-order valence-electron chi connectivity index (χ4n) is 11.0. The molecular weight excluding hydrogens is 1280 g/mol. The molecule has 0 unspecified atom stereocenters. The smallest absolute Gasteiger partial charge is 0.317 e. The highest BCUT2D eigenvalue weighted by atomic mass is 19.1. The molecule has 3 aliphatic rings. The van der Waals surface area contributed by atoms with Crippen molar-refractivity contribution >= 4 is 70.9 Å². The van der Waals surface area contributed by atoms with Gasteiger partial charge in [-0.3, -0.25) is 77.3 Å². The number of nitrogens with one attached hydrogen (secondary N) is 2. The molecular formula is C63H83F2N15O17. The summed E-state index contributed by atoms with van der Waals surface area (Å²) in [6, 6.07) is 7.82. The highest BCUT2D eigenvalue weighted by Gasteiger charge is 2.40. The lowest BCUT2D eigenvalue weighted by Crippen LogP contribution is -2.55. The van der Waals surface area contributed by atoms with Crippen LogP contribution in [-0.4, -0.2) is 330 Å². The Morgan fingerprint density at radius 1 is 0.598 bits per heavy atom. The summed E-state index contributed by atoms with van der Waals surface area (Å²) in [5, 5.41) is 38.5. The van der Waals surface area contributed by atoms with Crippen molar-refractivity contribution < 1.29 is 91.1 Å². The highest BCUT2D eigenvalue weighted by molar-refractivity contribution is 5.99. The number of carbonyl (C=O) groups is 11. The summed E-state index contributed by atoms with van der Waals surface area (Å²) in [6.07, 6.45) is 2.67. The first-order valence-corrected chi connectivity index (χ1v) is 31.0. The monoisotopic (exact) mass is 1360 g/mol. The number of hydrogen-bond acceptors (Lipinski definition) is 20. The van der Waals surface area contributed by atoms with Crippen molar-refractivity contribution in [3.8, 4) is 39.6 Å². The number of amides is 8. The maximum absolute atomic E-state index is 14.8. The van der Waals surface area contributed by atoms with Gasteiger partial charge in [0.2, 0.25) is 41.4 Å². The summed E-state index contributed by atoms with van der Waals surface area (Å²) < 4.78 is 48.6. The molecule has 2 saturated heterocycles. The Bertz CT molecular complexity index is 3560. The predicted octanol–water partition coefficient (Wildman–Crippen LogP) is -0.756. The van der Waals surface area contributed by atoms with Crippen LogP contribution in [0.25, 0.3) is 28.1 Å². The van der Waals surface area contributed by atoms with E-state index in [4.69, 9.17) is 14.2 Å². The number of anilines is 1. The van der Waals surface area contributed by atoms with Crippen LogP contribution in [0, 0.1) is 11.6 Å². The van der Waals surface area contributed by atoms with E-state index >= 15 is 0 Å². The molecule has 32 nitrogen and oxygen atoms in total. The van der Waals surface area contributed by atoms with Gasteiger partial charge in [-0.15, -0.1) is 0 Å². The molecule has 7 rings (SSSR count). The second-order valence-corrected chi connectivity index (χ2v) is 24.5. The zero-order valence-electron chi connectivity index (χ0n) is 55.5. The average Bonchev–Trinajstić information content (AvgIpc) is 1.62. The minimum atomic E-state index is -1.10. The molecule has 4 aromatic rings. The van der Waals surface area contributed by atoms with Gasteiger partial charge in [-0.05, 0) is 38.1 Å². The van der Waals surface area contributed by atoms with Crippen LogP contribution in [0.15, 0.2) is 48.8 Å². The number of nitrogens with zero attached hydrogens (tertiary/aromatic N) is 13. The van der Waals surface area contributed by atoms with Crippen molar-refractivity contribution in [2.45, 2.75) is 32.4 Å². The Kier molecular flexibility index (Phi) is 26.0. The average molecular weight is 1360 g/mol. The third kappa shape index (κ3) is 20.9. The van der Waals surface area contributed by atoms with E-state index in [1.165, 1.54) is 59.4 Å². The first-order valence-electron chi connectivity index (χ1n) is 31.0. The third-order valence-electron chi connectivity index (χ3n) is 16.5. The molecule has 8 amide bonds. The number of hydrogen-bond donors (Lipinski definition) is 5. The standard InChI is InChI=1S/C63H83F2N15O17/c1-63(2)39-96-20-19-79(63)62(94)60-47-38-97-49-26-48(95-8)45(25-46(49)61(47)80(69-60)44-23-41(64)22-42(65)24-44)40-21-43(28-66-27-40)68-51(82)29-70(3)53(84)32-72(5)55(86)34-74(7)56(87)33-73(6)54(85)31-71(4)52(83)9-10-67-50(81)30-75-11-13-76(35-57(88)89)15-17-78(37-59(92)93)18-16-77(14-12-75)36-58(90)91/h21-28H,9-20,29-39H2,1-8H3,(H,67,81)(H,68,82)(H,88,89)(H,90,91)(H,92,93). The molecule has 5 heterocycles. The Balaban J connectivity index is 0.871. The van der Waals surface area contributed by atoms with Crippen LogP contribution in [0.3, 0.4) is 0 Å². The minimum Gasteiger partial charge on any atom is -0.496 e. The second-order valence-electron chi connectivity index (χ2n) is 24.5. The number of ether oxygens (including phenoxy) is 3. The van der Waals surface area contributed by atoms with E-state index in [1.807, 2.05) is 13.8 Å². The Labute approximate surface area is 558 Å². The molecule has 2 fully saturated rings. The van der Waals surface area contributed by atoms with Crippen LogP contribution in [0.5, 0.6) is 11.5 Å². The summed E-state index contributed by atoms with van der Waals surface area (Å²) in [5.74, 6) is -8.99. The molecule has 97 heavy (non-hydrogen) atoms. The van der Waals surface area contributed by atoms with Crippen molar-refractivity contribution in [1.29, 1.82) is 0 Å². The molecule has 0 atom stereocenters. The van der Waals surface area contributed by atoms with Crippen LogP contribution in [0.2, 0.25) is 0 Å². The van der Waals surface area contributed by atoms with E-state index in [2.05, 4.69) is 20.7 Å². The molecule has 5 N–H and O–H groups in total. The quantitative estimate of drug-likeness (QED) is 0.0516. The molecule has 0 aliphatic carbocycles. The maximum Gasteiger partial charge on any atom is 0.317 e. The van der Waals surface area contributed by atoms with Crippen LogP contribution in [0.4, 0.5) is 14.5 Å². The van der Waals surface area contributed by atoms with Crippen LogP contribution in [-0.2, 0) is 59.3 Å². The molecule has 3 aliphatic heterocycles. The van der Waals surface area contributed by atoms with Crippen molar-refractivity contribution in [3.05, 3.63) is 71.7 Å². The lowest BCUT2D eigenvalue weighted by Gasteiger charge is -2.41. The highest BCUT2D eigenvalue weighted by Crippen LogP contribution is 2.46. The van der Waals surface area contributed by atoms with Gasteiger partial charge < -0.3 is 69.6 Å². The van der Waals surface area contributed by atoms with Crippen molar-refractivity contribution in [1.82, 2.24) is 69.1 Å². The zero-order valence-corrected chi connectivity index (χ0v) is 55.5. The first kappa shape index (κ1) is 74.6. The normalized spacial score (nSPS) is 15.4. The molecule has 0 saturated carbocycles. The van der Waals surface area contributed by atoms with Gasteiger partial charge in [0, 0.05) is 148 Å². The number of likely N-dealkylation sites (N-methyl/N-ethyl adjacent to an activating group) is 5. The molecule has 34 heteroatoms. The van der Waals surface area contributed by atoms with Gasteiger partial charge in [0.15, 0.2) is 5.69 Å². The molecule has 2 aromatic heterocycles. The lowest BCUT2D eigenvalue weighted by molar-refractivity contribution is -0.145. The molecule has 2 aromatic carbocycles. The number of aromatic nitrogens is 3. The number of carboxylic acid groups (broad SMARTS) is 3. The van der Waals surface area contributed by atoms with E-state index in [9.17, 15) is 76.8 Å². The van der Waals surface area contributed by atoms with Crippen LogP contribution >= 0.6 is 0 Å². The second kappa shape index (κ2) is 33.8. The van der Waals surface area contributed by atoms with Gasteiger partial charge in [-0.25, -0.2) is 13.5 Å². The van der Waals surface area contributed by atoms with Crippen molar-refractivity contribution in [2.24, 2.45) is 0 Å². The number of fused-ring (bicyclic) bond motifs is 3. The van der Waals surface area contributed by atoms with Gasteiger partial charge in [0.25, 0.3) is 5.91 Å². The van der Waals surface area contributed by atoms with Crippen molar-refractivity contribution in [2.75, 3.05) is 185 Å². The van der Waals surface area contributed by atoms with Gasteiger partial charge in [-0.2, -0.15) is 5.10 Å².